The van der Waals surface area contributed by atoms with Crippen LogP contribution < -0.4 is 5.32 Å². The zero-order valence-corrected chi connectivity index (χ0v) is 16.8. The van der Waals surface area contributed by atoms with E-state index >= 15 is 0 Å². The number of para-hydroxylation sites is 1. The van der Waals surface area contributed by atoms with E-state index in [0.29, 0.717) is 13.0 Å². The number of rotatable bonds is 4. The number of aryl methyl sites for hydroxylation is 2. The van der Waals surface area contributed by atoms with Crippen LogP contribution in [0.2, 0.25) is 0 Å². The number of benzene rings is 2. The number of carbonyl (C=O) groups excluding carboxylic acids is 2. The molecule has 2 aliphatic heterocycles. The largest absolute Gasteiger partial charge is 0.341 e. The molecule has 5 nitrogen and oxygen atoms in total. The summed E-state index contributed by atoms with van der Waals surface area (Å²) < 4.78 is 0. The molecule has 152 valence electrons. The van der Waals surface area contributed by atoms with Crippen LogP contribution in [0, 0.1) is 0 Å². The van der Waals surface area contributed by atoms with E-state index in [-0.39, 0.29) is 17.9 Å². The lowest BCUT2D eigenvalue weighted by Gasteiger charge is -2.28. The summed E-state index contributed by atoms with van der Waals surface area (Å²) in [6, 6.07) is 18.1. The first kappa shape index (κ1) is 19.6. The summed E-state index contributed by atoms with van der Waals surface area (Å²) in [6.07, 6.45) is 3.96. The van der Waals surface area contributed by atoms with Gasteiger partial charge in [0.1, 0.15) is 0 Å². The molecule has 2 aromatic rings. The first-order valence-electron chi connectivity index (χ1n) is 10.7. The summed E-state index contributed by atoms with van der Waals surface area (Å²) in [5.74, 6) is 0.298. The molecule has 0 radical (unpaired) electrons. The average molecular weight is 392 g/mol. The maximum atomic E-state index is 12.8. The quantitative estimate of drug-likeness (QED) is 0.871. The number of carbonyl (C=O) groups is 2. The molecule has 2 amide bonds. The molecule has 0 spiro atoms. The Morgan fingerprint density at radius 1 is 0.966 bits per heavy atom. The van der Waals surface area contributed by atoms with Crippen molar-refractivity contribution < 1.29 is 9.59 Å². The van der Waals surface area contributed by atoms with E-state index in [1.165, 1.54) is 11.1 Å². The van der Waals surface area contributed by atoms with Crippen LogP contribution in [0.3, 0.4) is 0 Å². The highest BCUT2D eigenvalue weighted by Crippen LogP contribution is 2.24. The molecule has 5 heteroatoms. The second kappa shape index (κ2) is 9.23. The van der Waals surface area contributed by atoms with Gasteiger partial charge in [-0.2, -0.15) is 0 Å². The van der Waals surface area contributed by atoms with Gasteiger partial charge < -0.3 is 10.2 Å². The summed E-state index contributed by atoms with van der Waals surface area (Å²) in [6.45, 7) is 3.09. The van der Waals surface area contributed by atoms with Crippen LogP contribution in [0.25, 0.3) is 0 Å². The number of fused-ring (bicyclic) bond motifs is 1. The lowest BCUT2D eigenvalue weighted by atomic mass is 10.0. The van der Waals surface area contributed by atoms with E-state index < -0.39 is 0 Å². The zero-order chi connectivity index (χ0) is 20.1. The Balaban J connectivity index is 1.33. The van der Waals surface area contributed by atoms with E-state index in [0.717, 1.165) is 51.0 Å². The SMILES string of the molecule is O=C1Nc2ccccc2CCC1N1CCCN(C(=O)CCc2ccccc2)CC1. The minimum atomic E-state index is -0.123. The first-order valence-corrected chi connectivity index (χ1v) is 10.7. The van der Waals surface area contributed by atoms with Gasteiger partial charge in [0.15, 0.2) is 0 Å². The number of hydrogen-bond acceptors (Lipinski definition) is 3. The predicted octanol–water partition coefficient (Wildman–Crippen LogP) is 3.11. The van der Waals surface area contributed by atoms with Crippen molar-refractivity contribution in [2.24, 2.45) is 0 Å². The van der Waals surface area contributed by atoms with Crippen molar-refractivity contribution in [3.8, 4) is 0 Å². The normalized spacial score (nSPS) is 20.3. The Morgan fingerprint density at radius 3 is 2.62 bits per heavy atom. The van der Waals surface area contributed by atoms with Crippen LogP contribution in [0.4, 0.5) is 5.69 Å². The molecule has 1 fully saturated rings. The fraction of sp³-hybridized carbons (Fsp3) is 0.417. The van der Waals surface area contributed by atoms with Gasteiger partial charge in [0.05, 0.1) is 6.04 Å². The molecule has 0 aliphatic carbocycles. The van der Waals surface area contributed by atoms with Gasteiger partial charge in [0, 0.05) is 38.3 Å². The topological polar surface area (TPSA) is 52.7 Å². The molecular formula is C24H29N3O2. The molecule has 29 heavy (non-hydrogen) atoms. The monoisotopic (exact) mass is 391 g/mol. The van der Waals surface area contributed by atoms with Crippen molar-refractivity contribution in [2.75, 3.05) is 31.5 Å². The molecule has 2 heterocycles. The molecule has 1 N–H and O–H groups in total. The van der Waals surface area contributed by atoms with Crippen molar-refractivity contribution in [2.45, 2.75) is 38.1 Å². The van der Waals surface area contributed by atoms with Gasteiger partial charge in [0.25, 0.3) is 0 Å². The fourth-order valence-electron chi connectivity index (χ4n) is 4.40. The molecule has 0 saturated carbocycles. The molecule has 2 aromatic carbocycles. The Bertz CT molecular complexity index is 852. The molecule has 4 rings (SSSR count). The Kier molecular flexibility index (Phi) is 6.25. The third kappa shape index (κ3) is 4.85. The van der Waals surface area contributed by atoms with Crippen molar-refractivity contribution >= 4 is 17.5 Å². The van der Waals surface area contributed by atoms with Crippen molar-refractivity contribution in [1.82, 2.24) is 9.80 Å². The van der Waals surface area contributed by atoms with Crippen LogP contribution >= 0.6 is 0 Å². The standard InChI is InChI=1S/C24H29N3O2/c28-23(14-11-19-7-2-1-3-8-19)27-16-6-15-26(17-18-27)22-13-12-20-9-4-5-10-21(20)25-24(22)29/h1-5,7-10,22H,6,11-18H2,(H,25,29). The summed E-state index contributed by atoms with van der Waals surface area (Å²) in [4.78, 5) is 29.8. The second-order valence-electron chi connectivity index (χ2n) is 7.96. The highest BCUT2D eigenvalue weighted by atomic mass is 16.2. The van der Waals surface area contributed by atoms with Gasteiger partial charge in [-0.1, -0.05) is 48.5 Å². The van der Waals surface area contributed by atoms with Crippen LogP contribution in [-0.4, -0.2) is 53.8 Å². The average Bonchev–Trinajstić information content (AvgIpc) is 3.09. The minimum Gasteiger partial charge on any atom is -0.341 e. The van der Waals surface area contributed by atoms with Crippen LogP contribution in [0.5, 0.6) is 0 Å². The van der Waals surface area contributed by atoms with Crippen LogP contribution in [-0.2, 0) is 22.4 Å². The molecular weight excluding hydrogens is 362 g/mol. The predicted molar refractivity (Wildman–Crippen MR) is 115 cm³/mol. The highest BCUT2D eigenvalue weighted by Gasteiger charge is 2.30. The van der Waals surface area contributed by atoms with E-state index in [4.69, 9.17) is 0 Å². The summed E-state index contributed by atoms with van der Waals surface area (Å²) in [7, 11) is 0. The van der Waals surface area contributed by atoms with Crippen LogP contribution in [0.15, 0.2) is 54.6 Å². The van der Waals surface area contributed by atoms with Gasteiger partial charge in [0.2, 0.25) is 11.8 Å². The number of nitrogens with one attached hydrogen (secondary N) is 1. The van der Waals surface area contributed by atoms with Gasteiger partial charge in [-0.05, 0) is 42.9 Å². The van der Waals surface area contributed by atoms with Gasteiger partial charge >= 0.3 is 0 Å². The van der Waals surface area contributed by atoms with Gasteiger partial charge in [-0.3, -0.25) is 14.5 Å². The zero-order valence-electron chi connectivity index (χ0n) is 16.8. The molecule has 1 saturated heterocycles. The molecule has 2 aliphatic rings. The molecule has 1 unspecified atom stereocenters. The summed E-state index contributed by atoms with van der Waals surface area (Å²) in [5.41, 5.74) is 3.34. The lowest BCUT2D eigenvalue weighted by molar-refractivity contribution is -0.131. The van der Waals surface area contributed by atoms with Crippen molar-refractivity contribution in [3.05, 3.63) is 65.7 Å². The summed E-state index contributed by atoms with van der Waals surface area (Å²) >= 11 is 0. The minimum absolute atomic E-state index is 0.0822. The van der Waals surface area contributed by atoms with Crippen LogP contribution in [0.1, 0.15) is 30.4 Å². The first-order chi connectivity index (χ1) is 14.2. The van der Waals surface area contributed by atoms with Gasteiger partial charge in [-0.15, -0.1) is 0 Å². The van der Waals surface area contributed by atoms with E-state index in [2.05, 4.69) is 28.4 Å². The molecule has 0 bridgehead atoms. The Labute approximate surface area is 172 Å². The smallest absolute Gasteiger partial charge is 0.241 e. The molecule has 1 atom stereocenters. The number of anilines is 1. The lowest BCUT2D eigenvalue weighted by Crippen LogP contribution is -2.45. The van der Waals surface area contributed by atoms with E-state index in [1.807, 2.05) is 41.3 Å². The third-order valence-corrected chi connectivity index (χ3v) is 6.06. The van der Waals surface area contributed by atoms with E-state index in [9.17, 15) is 9.59 Å². The number of hydrogen-bond donors (Lipinski definition) is 1. The number of nitrogens with zero attached hydrogens (tertiary/aromatic N) is 2. The van der Waals surface area contributed by atoms with Gasteiger partial charge in [-0.25, -0.2) is 0 Å². The molecule has 0 aromatic heterocycles. The fourth-order valence-corrected chi connectivity index (χ4v) is 4.40. The second-order valence-corrected chi connectivity index (χ2v) is 7.96. The highest BCUT2D eigenvalue weighted by molar-refractivity contribution is 5.96. The summed E-state index contributed by atoms with van der Waals surface area (Å²) in [5, 5.41) is 3.10. The Hall–Kier alpha value is -2.66. The number of amides is 2. The maximum Gasteiger partial charge on any atom is 0.241 e. The van der Waals surface area contributed by atoms with Crippen molar-refractivity contribution in [1.29, 1.82) is 0 Å². The van der Waals surface area contributed by atoms with E-state index in [1.54, 1.807) is 0 Å². The third-order valence-electron chi connectivity index (χ3n) is 6.06. The van der Waals surface area contributed by atoms with Crippen molar-refractivity contribution in [3.63, 3.8) is 0 Å². The maximum absolute atomic E-state index is 12.8. The Morgan fingerprint density at radius 2 is 1.76 bits per heavy atom.